The second-order valence-corrected chi connectivity index (χ2v) is 5.75. The van der Waals surface area contributed by atoms with Gasteiger partial charge in [-0.15, -0.1) is 0 Å². The van der Waals surface area contributed by atoms with Crippen molar-refractivity contribution in [1.82, 2.24) is 4.57 Å². The van der Waals surface area contributed by atoms with Crippen LogP contribution in [0.2, 0.25) is 5.02 Å². The maximum atomic E-state index is 12.6. The number of ether oxygens (including phenoxy) is 1. The van der Waals surface area contributed by atoms with E-state index in [-0.39, 0.29) is 12.1 Å². The van der Waals surface area contributed by atoms with Crippen LogP contribution in [0.25, 0.3) is 21.9 Å². The Morgan fingerprint density at radius 3 is 2.65 bits per heavy atom. The fourth-order valence-corrected chi connectivity index (χ4v) is 3.05. The van der Waals surface area contributed by atoms with Gasteiger partial charge in [0.05, 0.1) is 7.11 Å². The van der Waals surface area contributed by atoms with Gasteiger partial charge in [-0.25, -0.2) is 0 Å². The standard InChI is InChI=1S/C18H17ClN2O2/c1-21-16(10-20)17(11-4-3-5-13(8-11)23-2)15-9-12(19)6-7-14(15)18(21)22/h3-9H,10,20H2,1-2H3. The van der Waals surface area contributed by atoms with Gasteiger partial charge < -0.3 is 15.0 Å². The summed E-state index contributed by atoms with van der Waals surface area (Å²) in [5.41, 5.74) is 8.46. The molecule has 0 amide bonds. The van der Waals surface area contributed by atoms with Crippen molar-refractivity contribution in [2.75, 3.05) is 7.11 Å². The maximum absolute atomic E-state index is 12.6. The summed E-state index contributed by atoms with van der Waals surface area (Å²) >= 11 is 6.16. The summed E-state index contributed by atoms with van der Waals surface area (Å²) in [7, 11) is 3.36. The normalized spacial score (nSPS) is 11.0. The highest BCUT2D eigenvalue weighted by Gasteiger charge is 2.16. The van der Waals surface area contributed by atoms with Gasteiger partial charge >= 0.3 is 0 Å². The third-order valence-electron chi connectivity index (χ3n) is 4.03. The lowest BCUT2D eigenvalue weighted by Crippen LogP contribution is -2.23. The molecule has 3 aromatic rings. The Bertz CT molecular complexity index is 948. The number of nitrogens with zero attached hydrogens (tertiary/aromatic N) is 1. The zero-order valence-corrected chi connectivity index (χ0v) is 13.7. The van der Waals surface area contributed by atoms with E-state index in [9.17, 15) is 4.79 Å². The van der Waals surface area contributed by atoms with Gasteiger partial charge in [-0.05, 0) is 41.3 Å². The molecule has 0 aliphatic heterocycles. The van der Waals surface area contributed by atoms with E-state index in [1.54, 1.807) is 30.9 Å². The predicted molar refractivity (Wildman–Crippen MR) is 94.1 cm³/mol. The van der Waals surface area contributed by atoms with Gasteiger partial charge in [0.2, 0.25) is 0 Å². The lowest BCUT2D eigenvalue weighted by Gasteiger charge is -2.17. The summed E-state index contributed by atoms with van der Waals surface area (Å²) in [6, 6.07) is 13.0. The molecule has 4 nitrogen and oxygen atoms in total. The fraction of sp³-hybridized carbons (Fsp3) is 0.167. The van der Waals surface area contributed by atoms with E-state index in [2.05, 4.69) is 0 Å². The molecule has 5 heteroatoms. The monoisotopic (exact) mass is 328 g/mol. The molecule has 0 spiro atoms. The molecule has 2 N–H and O–H groups in total. The zero-order valence-electron chi connectivity index (χ0n) is 13.0. The molecule has 0 bridgehead atoms. The Balaban J connectivity index is 2.48. The van der Waals surface area contributed by atoms with Crippen molar-refractivity contribution in [3.05, 3.63) is 63.5 Å². The summed E-state index contributed by atoms with van der Waals surface area (Å²) in [5.74, 6) is 0.745. The summed E-state index contributed by atoms with van der Waals surface area (Å²) in [5, 5.41) is 2.00. The summed E-state index contributed by atoms with van der Waals surface area (Å²) in [6.45, 7) is 0.251. The van der Waals surface area contributed by atoms with Crippen molar-refractivity contribution in [3.8, 4) is 16.9 Å². The van der Waals surface area contributed by atoms with Crippen molar-refractivity contribution in [1.29, 1.82) is 0 Å². The third-order valence-corrected chi connectivity index (χ3v) is 4.27. The van der Waals surface area contributed by atoms with Gasteiger partial charge in [-0.3, -0.25) is 4.79 Å². The molecule has 0 saturated carbocycles. The highest BCUT2D eigenvalue weighted by Crippen LogP contribution is 2.33. The third kappa shape index (κ3) is 2.60. The highest BCUT2D eigenvalue weighted by atomic mass is 35.5. The van der Waals surface area contributed by atoms with E-state index in [0.29, 0.717) is 10.4 Å². The number of hydrogen-bond acceptors (Lipinski definition) is 3. The van der Waals surface area contributed by atoms with E-state index in [4.69, 9.17) is 22.1 Å². The number of rotatable bonds is 3. The van der Waals surface area contributed by atoms with Crippen molar-refractivity contribution < 1.29 is 4.74 Å². The number of fused-ring (bicyclic) bond motifs is 1. The van der Waals surface area contributed by atoms with Crippen LogP contribution < -0.4 is 16.0 Å². The Labute approximate surface area is 139 Å². The number of pyridine rings is 1. The second kappa shape index (κ2) is 6.07. The Morgan fingerprint density at radius 1 is 1.17 bits per heavy atom. The predicted octanol–water partition coefficient (Wildman–Crippen LogP) is 3.33. The van der Waals surface area contributed by atoms with Gasteiger partial charge in [-0.2, -0.15) is 0 Å². The first-order valence-corrected chi connectivity index (χ1v) is 7.60. The average Bonchev–Trinajstić information content (AvgIpc) is 2.57. The van der Waals surface area contributed by atoms with Crippen LogP contribution in [0.5, 0.6) is 5.75 Å². The molecule has 118 valence electrons. The van der Waals surface area contributed by atoms with Crippen molar-refractivity contribution in [2.45, 2.75) is 6.54 Å². The highest BCUT2D eigenvalue weighted by molar-refractivity contribution is 6.31. The average molecular weight is 329 g/mol. The first-order chi connectivity index (χ1) is 11.1. The first-order valence-electron chi connectivity index (χ1n) is 7.22. The molecule has 0 aliphatic rings. The molecule has 1 aromatic heterocycles. The number of halogens is 1. The molecule has 0 unspecified atom stereocenters. The van der Waals surface area contributed by atoms with E-state index in [1.165, 1.54) is 0 Å². The minimum atomic E-state index is -0.0798. The summed E-state index contributed by atoms with van der Waals surface area (Å²) < 4.78 is 6.92. The minimum Gasteiger partial charge on any atom is -0.497 e. The van der Waals surface area contributed by atoms with Crippen LogP contribution in [0.15, 0.2) is 47.3 Å². The molecular weight excluding hydrogens is 312 g/mol. The molecule has 0 aliphatic carbocycles. The first kappa shape index (κ1) is 15.6. The van der Waals surface area contributed by atoms with E-state index < -0.39 is 0 Å². The second-order valence-electron chi connectivity index (χ2n) is 5.31. The molecule has 0 saturated heterocycles. The van der Waals surface area contributed by atoms with E-state index in [0.717, 1.165) is 28.0 Å². The van der Waals surface area contributed by atoms with Crippen LogP contribution in [0, 0.1) is 0 Å². The Morgan fingerprint density at radius 2 is 1.96 bits per heavy atom. The molecule has 0 atom stereocenters. The number of hydrogen-bond donors (Lipinski definition) is 1. The van der Waals surface area contributed by atoms with Gasteiger partial charge in [0.1, 0.15) is 5.75 Å². The molecule has 2 aromatic carbocycles. The van der Waals surface area contributed by atoms with Crippen LogP contribution in [-0.4, -0.2) is 11.7 Å². The van der Waals surface area contributed by atoms with Gasteiger partial charge in [0.25, 0.3) is 5.56 Å². The number of methoxy groups -OCH3 is 1. The quantitative estimate of drug-likeness (QED) is 0.802. The van der Waals surface area contributed by atoms with Crippen molar-refractivity contribution >= 4 is 22.4 Å². The van der Waals surface area contributed by atoms with Crippen LogP contribution in [0.3, 0.4) is 0 Å². The molecule has 0 radical (unpaired) electrons. The molecule has 0 fully saturated rings. The Hall–Kier alpha value is -2.30. The van der Waals surface area contributed by atoms with Crippen LogP contribution >= 0.6 is 11.6 Å². The Kier molecular flexibility index (Phi) is 4.11. The van der Waals surface area contributed by atoms with Gasteiger partial charge in [-0.1, -0.05) is 23.7 Å². The van der Waals surface area contributed by atoms with Crippen molar-refractivity contribution in [2.24, 2.45) is 12.8 Å². The summed E-state index contributed by atoms with van der Waals surface area (Å²) in [4.78, 5) is 12.6. The number of benzene rings is 2. The topological polar surface area (TPSA) is 57.2 Å². The van der Waals surface area contributed by atoms with Crippen LogP contribution in [0.4, 0.5) is 0 Å². The van der Waals surface area contributed by atoms with Gasteiger partial charge in [0, 0.05) is 35.3 Å². The number of nitrogens with two attached hydrogens (primary N) is 1. The molecule has 3 rings (SSSR count). The van der Waals surface area contributed by atoms with E-state index >= 15 is 0 Å². The summed E-state index contributed by atoms with van der Waals surface area (Å²) in [6.07, 6.45) is 0. The molecular formula is C18H17ClN2O2. The molecule has 23 heavy (non-hydrogen) atoms. The van der Waals surface area contributed by atoms with Crippen LogP contribution in [-0.2, 0) is 13.6 Å². The van der Waals surface area contributed by atoms with E-state index in [1.807, 2.05) is 30.3 Å². The number of aromatic nitrogens is 1. The lowest BCUT2D eigenvalue weighted by molar-refractivity contribution is 0.415. The molecule has 1 heterocycles. The zero-order chi connectivity index (χ0) is 16.6. The SMILES string of the molecule is COc1cccc(-c2c(CN)n(C)c(=O)c3ccc(Cl)cc23)c1. The maximum Gasteiger partial charge on any atom is 0.258 e. The van der Waals surface area contributed by atoms with Crippen molar-refractivity contribution in [3.63, 3.8) is 0 Å². The largest absolute Gasteiger partial charge is 0.497 e. The van der Waals surface area contributed by atoms with Gasteiger partial charge in [0.15, 0.2) is 0 Å². The minimum absolute atomic E-state index is 0.0798. The fourth-order valence-electron chi connectivity index (χ4n) is 2.88. The smallest absolute Gasteiger partial charge is 0.258 e. The lowest BCUT2D eigenvalue weighted by atomic mass is 9.96. The van der Waals surface area contributed by atoms with Crippen LogP contribution in [0.1, 0.15) is 5.69 Å².